The number of fused-ring (bicyclic) bond motifs is 1. The zero-order chi connectivity index (χ0) is 31.5. The number of rotatable bonds is 9. The molecule has 0 saturated carbocycles. The molecule has 4 aromatic rings. The average molecular weight is 652 g/mol. The summed E-state index contributed by atoms with van der Waals surface area (Å²) in [5, 5.41) is 29.7. The molecule has 0 aliphatic rings. The van der Waals surface area contributed by atoms with Crippen molar-refractivity contribution >= 4 is 52.7 Å². The van der Waals surface area contributed by atoms with Gasteiger partial charge >= 0.3 is 12.1 Å². The van der Waals surface area contributed by atoms with Gasteiger partial charge in [0.1, 0.15) is 9.79 Å². The number of alkyl halides is 3. The summed E-state index contributed by atoms with van der Waals surface area (Å²) in [4.78, 5) is 12.1. The Labute approximate surface area is 240 Å². The molecule has 21 heteroatoms. The Balaban J connectivity index is 0.000000616. The van der Waals surface area contributed by atoms with Crippen LogP contribution in [0.25, 0.3) is 32.7 Å². The Kier molecular flexibility index (Phi) is 9.85. The smallest absolute Gasteiger partial charge is 0.475 e. The summed E-state index contributed by atoms with van der Waals surface area (Å²) in [7, 11) is -5.73. The standard InChI is InChI=1S/C19H23N9O4S3.C2HF3O2/c1-22-9-4-10-28(2)35(31,32)14-8-7-11(12-5-3-6-13-16(12)23-19(20)33-13)15(17(14)34(21,29)30)18-24-26-27-25-18;3-2(4,5)1(6)7/h3,5-8,22H,4,9-10H2,1-2H3,(H2,20,23)(H2,21,29,30)(H,24,25,26,27);(H,6,7). The molecule has 0 atom stereocenters. The van der Waals surface area contributed by atoms with Gasteiger partial charge in [-0.25, -0.2) is 36.1 Å². The quantitative estimate of drug-likeness (QED) is 0.161. The number of carboxylic acids is 1. The highest BCUT2D eigenvalue weighted by atomic mass is 32.2. The zero-order valence-electron chi connectivity index (χ0n) is 21.7. The van der Waals surface area contributed by atoms with Gasteiger partial charge in [-0.15, -0.1) is 10.2 Å². The first-order valence-corrected chi connectivity index (χ1v) is 15.3. The van der Waals surface area contributed by atoms with Crippen molar-refractivity contribution < 1.29 is 39.9 Å². The van der Waals surface area contributed by atoms with Crippen LogP contribution in [0.3, 0.4) is 0 Å². The van der Waals surface area contributed by atoms with E-state index in [1.54, 1.807) is 19.2 Å². The first kappa shape index (κ1) is 32.8. The van der Waals surface area contributed by atoms with E-state index in [2.05, 4.69) is 30.9 Å². The summed E-state index contributed by atoms with van der Waals surface area (Å²) in [6.07, 6.45) is -4.57. The van der Waals surface area contributed by atoms with Crippen molar-refractivity contribution in [3.05, 3.63) is 30.3 Å². The fourth-order valence-electron chi connectivity index (χ4n) is 3.71. The number of benzene rings is 2. The number of sulfonamides is 2. The molecule has 7 N–H and O–H groups in total. The number of H-pyrrole nitrogens is 1. The van der Waals surface area contributed by atoms with Gasteiger partial charge in [0.15, 0.2) is 5.13 Å². The number of nitrogens with two attached hydrogens (primary N) is 2. The molecule has 0 bridgehead atoms. The topological polar surface area (TPSA) is 240 Å². The molecular formula is C21H24F3N9O6S3. The number of hydrogen-bond acceptors (Lipinski definition) is 12. The van der Waals surface area contributed by atoms with E-state index in [0.29, 0.717) is 34.7 Å². The van der Waals surface area contributed by atoms with Crippen molar-refractivity contribution in [3.63, 3.8) is 0 Å². The molecule has 228 valence electrons. The van der Waals surface area contributed by atoms with Gasteiger partial charge in [-0.05, 0) is 42.9 Å². The highest BCUT2D eigenvalue weighted by molar-refractivity contribution is 7.92. The van der Waals surface area contributed by atoms with Gasteiger partial charge in [0, 0.05) is 19.2 Å². The van der Waals surface area contributed by atoms with Crippen molar-refractivity contribution in [2.75, 3.05) is 32.9 Å². The number of tetrazole rings is 1. The van der Waals surface area contributed by atoms with E-state index in [4.69, 9.17) is 20.8 Å². The molecule has 0 aliphatic carbocycles. The third-order valence-corrected chi connectivity index (χ3v) is 9.40. The number of nitrogens with one attached hydrogen (secondary N) is 2. The largest absolute Gasteiger partial charge is 0.490 e. The second-order valence-electron chi connectivity index (χ2n) is 8.39. The maximum atomic E-state index is 13.5. The molecule has 0 saturated heterocycles. The van der Waals surface area contributed by atoms with E-state index >= 15 is 0 Å². The summed E-state index contributed by atoms with van der Waals surface area (Å²) in [5.74, 6) is -2.90. The zero-order valence-corrected chi connectivity index (χ0v) is 24.2. The summed E-state index contributed by atoms with van der Waals surface area (Å²) in [6, 6.07) is 7.99. The Bertz CT molecular complexity index is 1790. The number of hydrogen-bond donors (Lipinski definition) is 5. The fraction of sp³-hybridized carbons (Fsp3) is 0.286. The summed E-state index contributed by atoms with van der Waals surface area (Å²) in [6.45, 7) is 0.736. The lowest BCUT2D eigenvalue weighted by Gasteiger charge is -2.21. The van der Waals surface area contributed by atoms with E-state index in [-0.39, 0.29) is 17.9 Å². The van der Waals surface area contributed by atoms with Crippen molar-refractivity contribution in [2.45, 2.75) is 22.4 Å². The monoisotopic (exact) mass is 651 g/mol. The van der Waals surface area contributed by atoms with Crippen LogP contribution in [0.5, 0.6) is 0 Å². The van der Waals surface area contributed by atoms with Crippen molar-refractivity contribution in [1.82, 2.24) is 35.2 Å². The molecule has 2 heterocycles. The fourth-order valence-corrected chi connectivity index (χ4v) is 7.25. The summed E-state index contributed by atoms with van der Waals surface area (Å²) in [5.41, 5.74) is 7.12. The summed E-state index contributed by atoms with van der Waals surface area (Å²) < 4.78 is 86.4. The van der Waals surface area contributed by atoms with Crippen molar-refractivity contribution in [3.8, 4) is 22.5 Å². The van der Waals surface area contributed by atoms with E-state index in [0.717, 1.165) is 9.01 Å². The lowest BCUT2D eigenvalue weighted by molar-refractivity contribution is -0.192. The van der Waals surface area contributed by atoms with Crippen LogP contribution in [0.4, 0.5) is 18.3 Å². The number of nitrogen functional groups attached to an aromatic ring is 1. The maximum absolute atomic E-state index is 13.5. The molecule has 2 aromatic carbocycles. The van der Waals surface area contributed by atoms with Gasteiger partial charge in [-0.1, -0.05) is 29.5 Å². The summed E-state index contributed by atoms with van der Waals surface area (Å²) >= 11 is 1.26. The van der Waals surface area contributed by atoms with Gasteiger partial charge < -0.3 is 16.2 Å². The molecule has 4 rings (SSSR count). The number of carbonyl (C=O) groups is 1. The van der Waals surface area contributed by atoms with E-state index in [1.165, 1.54) is 30.5 Å². The molecule has 0 spiro atoms. The van der Waals surface area contributed by atoms with Crippen LogP contribution in [0.2, 0.25) is 0 Å². The lowest BCUT2D eigenvalue weighted by Crippen LogP contribution is -2.31. The van der Waals surface area contributed by atoms with Crippen molar-refractivity contribution in [1.29, 1.82) is 0 Å². The van der Waals surface area contributed by atoms with E-state index in [1.807, 2.05) is 6.07 Å². The molecule has 0 amide bonds. The second kappa shape index (κ2) is 12.6. The van der Waals surface area contributed by atoms with Crippen LogP contribution in [0.1, 0.15) is 6.42 Å². The van der Waals surface area contributed by atoms with Crippen LogP contribution >= 0.6 is 11.3 Å². The number of carboxylic acid groups (broad SMARTS) is 1. The lowest BCUT2D eigenvalue weighted by atomic mass is 9.98. The minimum Gasteiger partial charge on any atom is -0.475 e. The molecule has 0 unspecified atom stereocenters. The molecule has 0 fully saturated rings. The Morgan fingerprint density at radius 3 is 2.38 bits per heavy atom. The number of primary sulfonamides is 1. The molecule has 42 heavy (non-hydrogen) atoms. The SMILES string of the molecule is CNCCCN(C)S(=O)(=O)c1ccc(-c2cccc3sc(N)nc23)c(-c2nn[nH]n2)c1S(N)(=O)=O.O=C(O)C(F)(F)F. The van der Waals surface area contributed by atoms with E-state index in [9.17, 15) is 30.0 Å². The highest BCUT2D eigenvalue weighted by Gasteiger charge is 2.38. The highest BCUT2D eigenvalue weighted by Crippen LogP contribution is 2.42. The molecular weight excluding hydrogens is 627 g/mol. The number of thiazole rings is 1. The average Bonchev–Trinajstić information content (AvgIpc) is 3.56. The Hall–Kier alpha value is -3.76. The van der Waals surface area contributed by atoms with Gasteiger partial charge in [0.25, 0.3) is 0 Å². The number of nitrogens with zero attached hydrogens (tertiary/aromatic N) is 5. The Morgan fingerprint density at radius 1 is 1.17 bits per heavy atom. The Morgan fingerprint density at radius 2 is 1.83 bits per heavy atom. The second-order valence-corrected chi connectivity index (χ2v) is 13.0. The van der Waals surface area contributed by atoms with Crippen LogP contribution < -0.4 is 16.2 Å². The predicted molar refractivity (Wildman–Crippen MR) is 146 cm³/mol. The minimum absolute atomic E-state index is 0.106. The molecule has 2 aromatic heterocycles. The number of aromatic amines is 1. The number of para-hydroxylation sites is 1. The third kappa shape index (κ3) is 7.17. The third-order valence-electron chi connectivity index (χ3n) is 5.53. The molecule has 15 nitrogen and oxygen atoms in total. The number of aromatic nitrogens is 5. The van der Waals surface area contributed by atoms with Crippen molar-refractivity contribution in [2.24, 2.45) is 5.14 Å². The molecule has 0 radical (unpaired) electrons. The van der Waals surface area contributed by atoms with Gasteiger partial charge in [0.2, 0.25) is 25.9 Å². The normalized spacial score (nSPS) is 12.4. The van der Waals surface area contributed by atoms with Gasteiger partial charge in [-0.2, -0.15) is 18.4 Å². The first-order chi connectivity index (χ1) is 19.5. The predicted octanol–water partition coefficient (Wildman–Crippen LogP) is 1.24. The van der Waals surface area contributed by atoms with Gasteiger partial charge in [0.05, 0.1) is 15.8 Å². The number of anilines is 1. The first-order valence-electron chi connectivity index (χ1n) is 11.5. The minimum atomic E-state index is -5.08. The maximum Gasteiger partial charge on any atom is 0.490 e. The van der Waals surface area contributed by atoms with E-state index < -0.39 is 42.0 Å². The number of halogens is 3. The van der Waals surface area contributed by atoms with Crippen LogP contribution in [0, 0.1) is 0 Å². The molecule has 0 aliphatic heterocycles. The number of aliphatic carboxylic acids is 1. The van der Waals surface area contributed by atoms with Crippen LogP contribution in [-0.2, 0) is 24.8 Å². The van der Waals surface area contributed by atoms with Crippen LogP contribution in [0.15, 0.2) is 40.1 Å². The van der Waals surface area contributed by atoms with Crippen LogP contribution in [-0.4, -0.2) is 91.2 Å². The van der Waals surface area contributed by atoms with Gasteiger partial charge in [-0.3, -0.25) is 0 Å².